The van der Waals surface area contributed by atoms with Crippen molar-refractivity contribution >= 4 is 11.7 Å². The van der Waals surface area contributed by atoms with Gasteiger partial charge in [-0.05, 0) is 38.5 Å². The number of carbonyl (C=O) groups excluding carboxylic acids is 2. The van der Waals surface area contributed by atoms with Gasteiger partial charge in [-0.15, -0.1) is 0 Å². The number of Topliss-reactive ketones (excluding diaryl/α,β-unsaturated/α-hetero) is 1. The Hall–Kier alpha value is -0.860. The largest absolute Gasteiger partial charge is 0.339 e. The van der Waals surface area contributed by atoms with Crippen LogP contribution in [0, 0.1) is 5.92 Å². The Labute approximate surface area is 104 Å². The number of nitrogens with zero attached hydrogens (tertiary/aromatic N) is 1. The van der Waals surface area contributed by atoms with Crippen LogP contribution in [-0.2, 0) is 9.59 Å². The highest BCUT2D eigenvalue weighted by Gasteiger charge is 2.35. The number of hydrogen-bond donors (Lipinski definition) is 0. The molecule has 1 saturated carbocycles. The minimum absolute atomic E-state index is 0.00991. The van der Waals surface area contributed by atoms with Crippen molar-refractivity contribution in [2.24, 2.45) is 5.92 Å². The fourth-order valence-corrected chi connectivity index (χ4v) is 3.43. The van der Waals surface area contributed by atoms with Crippen LogP contribution in [0.25, 0.3) is 0 Å². The maximum atomic E-state index is 12.0. The molecule has 96 valence electrons. The van der Waals surface area contributed by atoms with Gasteiger partial charge in [-0.1, -0.05) is 19.3 Å². The zero-order valence-corrected chi connectivity index (χ0v) is 10.8. The topological polar surface area (TPSA) is 37.4 Å². The first-order valence-electron chi connectivity index (χ1n) is 6.97. The Morgan fingerprint density at radius 3 is 2.41 bits per heavy atom. The van der Waals surface area contributed by atoms with Crippen molar-refractivity contribution in [3.63, 3.8) is 0 Å². The van der Waals surface area contributed by atoms with E-state index in [1.54, 1.807) is 0 Å². The second kappa shape index (κ2) is 5.65. The molecular formula is C14H23NO2. The molecule has 2 aliphatic rings. The highest BCUT2D eigenvalue weighted by atomic mass is 16.2. The Morgan fingerprint density at radius 2 is 1.76 bits per heavy atom. The predicted molar refractivity (Wildman–Crippen MR) is 66.6 cm³/mol. The predicted octanol–water partition coefficient (Wildman–Crippen LogP) is 2.54. The minimum Gasteiger partial charge on any atom is -0.339 e. The van der Waals surface area contributed by atoms with Gasteiger partial charge in [0, 0.05) is 12.6 Å². The molecule has 0 spiro atoms. The molecule has 3 nitrogen and oxygen atoms in total. The molecule has 1 aliphatic carbocycles. The first-order valence-corrected chi connectivity index (χ1v) is 6.97. The minimum atomic E-state index is -0.00991. The molecule has 0 bridgehead atoms. The van der Waals surface area contributed by atoms with Crippen LogP contribution in [0.2, 0.25) is 0 Å². The van der Waals surface area contributed by atoms with E-state index >= 15 is 0 Å². The van der Waals surface area contributed by atoms with Crippen LogP contribution in [-0.4, -0.2) is 29.2 Å². The summed E-state index contributed by atoms with van der Waals surface area (Å²) in [6, 6.07) is 0.433. The number of rotatable bonds is 3. The second-order valence-corrected chi connectivity index (χ2v) is 5.57. The quantitative estimate of drug-likeness (QED) is 0.707. The van der Waals surface area contributed by atoms with Gasteiger partial charge in [-0.3, -0.25) is 9.59 Å². The highest BCUT2D eigenvalue weighted by Crippen LogP contribution is 2.34. The average Bonchev–Trinajstić information content (AvgIpc) is 2.78. The summed E-state index contributed by atoms with van der Waals surface area (Å²) >= 11 is 0. The Balaban J connectivity index is 1.96. The van der Waals surface area contributed by atoms with E-state index in [0.717, 1.165) is 19.4 Å². The van der Waals surface area contributed by atoms with Crippen molar-refractivity contribution in [1.82, 2.24) is 4.90 Å². The molecule has 1 atom stereocenters. The molecule has 1 aliphatic heterocycles. The zero-order valence-electron chi connectivity index (χ0n) is 10.8. The van der Waals surface area contributed by atoms with E-state index in [9.17, 15) is 9.59 Å². The summed E-state index contributed by atoms with van der Waals surface area (Å²) in [6.45, 7) is 2.37. The molecule has 2 fully saturated rings. The zero-order chi connectivity index (χ0) is 12.3. The Kier molecular flexibility index (Phi) is 4.19. The van der Waals surface area contributed by atoms with Crippen LogP contribution in [0.1, 0.15) is 58.3 Å². The summed E-state index contributed by atoms with van der Waals surface area (Å²) in [5.41, 5.74) is 0. The summed E-state index contributed by atoms with van der Waals surface area (Å²) in [4.78, 5) is 25.1. The van der Waals surface area contributed by atoms with Crippen molar-refractivity contribution in [3.05, 3.63) is 0 Å². The van der Waals surface area contributed by atoms with E-state index < -0.39 is 0 Å². The van der Waals surface area contributed by atoms with E-state index in [1.165, 1.54) is 39.0 Å². The molecule has 0 aromatic heterocycles. The van der Waals surface area contributed by atoms with Crippen molar-refractivity contribution in [3.8, 4) is 0 Å². The van der Waals surface area contributed by atoms with Gasteiger partial charge in [0.1, 0.15) is 5.78 Å². The van der Waals surface area contributed by atoms with E-state index in [-0.39, 0.29) is 18.1 Å². The van der Waals surface area contributed by atoms with Gasteiger partial charge in [-0.2, -0.15) is 0 Å². The lowest BCUT2D eigenvalue weighted by atomic mass is 9.83. The molecule has 1 heterocycles. The number of likely N-dealkylation sites (tertiary alicyclic amines) is 1. The van der Waals surface area contributed by atoms with Crippen LogP contribution in [0.15, 0.2) is 0 Å². The van der Waals surface area contributed by atoms with Crippen molar-refractivity contribution in [2.75, 3.05) is 6.54 Å². The van der Waals surface area contributed by atoms with E-state index in [2.05, 4.69) is 0 Å². The molecule has 1 amide bonds. The third-order valence-corrected chi connectivity index (χ3v) is 4.21. The normalized spacial score (nSPS) is 26.2. The van der Waals surface area contributed by atoms with Crippen molar-refractivity contribution in [2.45, 2.75) is 64.3 Å². The summed E-state index contributed by atoms with van der Waals surface area (Å²) in [7, 11) is 0. The van der Waals surface area contributed by atoms with E-state index in [1.807, 2.05) is 4.90 Å². The molecule has 0 aromatic rings. The molecule has 0 radical (unpaired) electrons. The lowest BCUT2D eigenvalue weighted by molar-refractivity contribution is -0.136. The first-order chi connectivity index (χ1) is 8.18. The summed E-state index contributed by atoms with van der Waals surface area (Å²) in [6.07, 6.45) is 8.89. The summed E-state index contributed by atoms with van der Waals surface area (Å²) in [5, 5.41) is 0. The highest BCUT2D eigenvalue weighted by molar-refractivity contribution is 5.97. The number of amides is 1. The lowest BCUT2D eigenvalue weighted by Gasteiger charge is -2.34. The number of hydrogen-bond acceptors (Lipinski definition) is 2. The van der Waals surface area contributed by atoms with Crippen LogP contribution >= 0.6 is 0 Å². The maximum absolute atomic E-state index is 12.0. The molecule has 3 heteroatoms. The third-order valence-electron chi connectivity index (χ3n) is 4.21. The maximum Gasteiger partial charge on any atom is 0.230 e. The van der Waals surface area contributed by atoms with Crippen LogP contribution in [0.4, 0.5) is 0 Å². The van der Waals surface area contributed by atoms with E-state index in [0.29, 0.717) is 12.0 Å². The van der Waals surface area contributed by atoms with Crippen LogP contribution in [0.3, 0.4) is 0 Å². The van der Waals surface area contributed by atoms with Crippen LogP contribution < -0.4 is 0 Å². The van der Waals surface area contributed by atoms with Gasteiger partial charge < -0.3 is 4.90 Å². The lowest BCUT2D eigenvalue weighted by Crippen LogP contribution is -2.41. The summed E-state index contributed by atoms with van der Waals surface area (Å²) in [5.74, 6) is 0.747. The molecule has 0 N–H and O–H groups in total. The van der Waals surface area contributed by atoms with E-state index in [4.69, 9.17) is 0 Å². The molecule has 1 saturated heterocycles. The molecule has 1 unspecified atom stereocenters. The van der Waals surface area contributed by atoms with Gasteiger partial charge >= 0.3 is 0 Å². The van der Waals surface area contributed by atoms with Gasteiger partial charge in [0.2, 0.25) is 5.91 Å². The molecule has 0 aromatic carbocycles. The monoisotopic (exact) mass is 237 g/mol. The Morgan fingerprint density at radius 1 is 1.06 bits per heavy atom. The molecule has 2 rings (SSSR count). The number of ketones is 1. The SMILES string of the molecule is CC(=O)CC(=O)N1CCCC1C1CCCCC1. The van der Waals surface area contributed by atoms with Gasteiger partial charge in [-0.25, -0.2) is 0 Å². The Bertz CT molecular complexity index is 295. The van der Waals surface area contributed by atoms with Crippen molar-refractivity contribution < 1.29 is 9.59 Å². The number of carbonyl (C=O) groups is 2. The second-order valence-electron chi connectivity index (χ2n) is 5.57. The van der Waals surface area contributed by atoms with Gasteiger partial charge in [0.15, 0.2) is 0 Å². The van der Waals surface area contributed by atoms with Gasteiger partial charge in [0.05, 0.1) is 6.42 Å². The standard InChI is InChI=1S/C14H23NO2/c1-11(16)10-14(17)15-9-5-8-13(15)12-6-3-2-4-7-12/h12-13H,2-10H2,1H3. The molecular weight excluding hydrogens is 214 g/mol. The first kappa shape index (κ1) is 12.6. The third kappa shape index (κ3) is 3.08. The smallest absolute Gasteiger partial charge is 0.230 e. The fourth-order valence-electron chi connectivity index (χ4n) is 3.43. The fraction of sp³-hybridized carbons (Fsp3) is 0.857. The van der Waals surface area contributed by atoms with Gasteiger partial charge in [0.25, 0.3) is 0 Å². The molecule has 17 heavy (non-hydrogen) atoms. The average molecular weight is 237 g/mol. The van der Waals surface area contributed by atoms with Crippen LogP contribution in [0.5, 0.6) is 0 Å². The van der Waals surface area contributed by atoms with Crippen molar-refractivity contribution in [1.29, 1.82) is 0 Å². The summed E-state index contributed by atoms with van der Waals surface area (Å²) < 4.78 is 0.